The second kappa shape index (κ2) is 8.15. The first-order valence-electron chi connectivity index (χ1n) is 7.28. The van der Waals surface area contributed by atoms with E-state index in [1.807, 2.05) is 6.92 Å². The Labute approximate surface area is 115 Å². The maximum Gasteiger partial charge on any atom is 0.303 e. The molecule has 1 amide bonds. The lowest BCUT2D eigenvalue weighted by molar-refractivity contribution is -0.138. The highest BCUT2D eigenvalue weighted by Crippen LogP contribution is 2.21. The van der Waals surface area contributed by atoms with Gasteiger partial charge in [-0.3, -0.25) is 14.5 Å². The van der Waals surface area contributed by atoms with Crippen LogP contribution in [0.5, 0.6) is 0 Å². The number of likely N-dealkylation sites (tertiary alicyclic amines) is 1. The van der Waals surface area contributed by atoms with Gasteiger partial charge in [-0.1, -0.05) is 13.3 Å². The van der Waals surface area contributed by atoms with E-state index in [1.54, 1.807) is 0 Å². The first-order chi connectivity index (χ1) is 9.04. The van der Waals surface area contributed by atoms with Crippen LogP contribution < -0.4 is 5.32 Å². The Morgan fingerprint density at radius 2 is 2.21 bits per heavy atom. The molecule has 0 aromatic rings. The Balaban J connectivity index is 2.40. The Bertz CT molecular complexity index is 307. The second-order valence-electron chi connectivity index (χ2n) is 5.42. The van der Waals surface area contributed by atoms with Gasteiger partial charge in [0.25, 0.3) is 0 Å². The van der Waals surface area contributed by atoms with Crippen LogP contribution in [0.4, 0.5) is 0 Å². The van der Waals surface area contributed by atoms with Crippen LogP contribution in [0, 0.1) is 5.92 Å². The lowest BCUT2D eigenvalue weighted by atomic mass is 9.94. The van der Waals surface area contributed by atoms with Crippen molar-refractivity contribution in [1.29, 1.82) is 0 Å². The third-order valence-electron chi connectivity index (χ3n) is 3.77. The van der Waals surface area contributed by atoms with E-state index in [0.29, 0.717) is 6.54 Å². The van der Waals surface area contributed by atoms with Gasteiger partial charge in [0.05, 0.1) is 6.04 Å². The number of carboxylic acids is 1. The molecular formula is C14H26N2O3. The van der Waals surface area contributed by atoms with Gasteiger partial charge >= 0.3 is 5.97 Å². The van der Waals surface area contributed by atoms with Crippen molar-refractivity contribution in [3.8, 4) is 0 Å². The van der Waals surface area contributed by atoms with Crippen molar-refractivity contribution < 1.29 is 14.7 Å². The monoisotopic (exact) mass is 270 g/mol. The highest BCUT2D eigenvalue weighted by atomic mass is 16.4. The molecule has 2 N–H and O–H groups in total. The first kappa shape index (κ1) is 16.0. The van der Waals surface area contributed by atoms with Crippen molar-refractivity contribution in [1.82, 2.24) is 10.2 Å². The van der Waals surface area contributed by atoms with Gasteiger partial charge in [0, 0.05) is 19.5 Å². The average molecular weight is 270 g/mol. The van der Waals surface area contributed by atoms with E-state index in [2.05, 4.69) is 17.1 Å². The lowest BCUT2D eigenvalue weighted by Gasteiger charge is -2.35. The molecule has 1 fully saturated rings. The van der Waals surface area contributed by atoms with Crippen LogP contribution in [0.3, 0.4) is 0 Å². The number of carboxylic acid groups (broad SMARTS) is 1. The van der Waals surface area contributed by atoms with E-state index in [4.69, 9.17) is 5.11 Å². The van der Waals surface area contributed by atoms with E-state index in [0.717, 1.165) is 38.8 Å². The van der Waals surface area contributed by atoms with Crippen LogP contribution in [-0.2, 0) is 9.59 Å². The van der Waals surface area contributed by atoms with Gasteiger partial charge in [-0.2, -0.15) is 0 Å². The van der Waals surface area contributed by atoms with E-state index < -0.39 is 5.97 Å². The van der Waals surface area contributed by atoms with Crippen LogP contribution in [0.25, 0.3) is 0 Å². The number of carbonyl (C=O) groups excluding carboxylic acids is 1. The number of aliphatic carboxylic acids is 1. The van der Waals surface area contributed by atoms with Gasteiger partial charge in [0.2, 0.25) is 5.91 Å². The predicted octanol–water partition coefficient (Wildman–Crippen LogP) is 1.48. The molecule has 1 rings (SSSR count). The molecule has 110 valence electrons. The lowest BCUT2D eigenvalue weighted by Crippen LogP contribution is -2.49. The largest absolute Gasteiger partial charge is 0.481 e. The molecule has 2 unspecified atom stereocenters. The van der Waals surface area contributed by atoms with Gasteiger partial charge in [0.1, 0.15) is 0 Å². The maximum absolute atomic E-state index is 12.0. The summed E-state index contributed by atoms with van der Waals surface area (Å²) >= 11 is 0. The summed E-state index contributed by atoms with van der Waals surface area (Å²) in [7, 11) is 0. The van der Waals surface area contributed by atoms with E-state index >= 15 is 0 Å². The minimum absolute atomic E-state index is 0.0597. The summed E-state index contributed by atoms with van der Waals surface area (Å²) in [4.78, 5) is 24.8. The van der Waals surface area contributed by atoms with Crippen molar-refractivity contribution in [2.24, 2.45) is 5.92 Å². The first-order valence-corrected chi connectivity index (χ1v) is 7.28. The van der Waals surface area contributed by atoms with Crippen LogP contribution in [-0.4, -0.2) is 47.6 Å². The Morgan fingerprint density at radius 3 is 2.84 bits per heavy atom. The fourth-order valence-electron chi connectivity index (χ4n) is 2.56. The predicted molar refractivity (Wildman–Crippen MR) is 73.9 cm³/mol. The molecule has 0 aromatic carbocycles. The van der Waals surface area contributed by atoms with E-state index in [9.17, 15) is 9.59 Å². The molecule has 1 saturated heterocycles. The van der Waals surface area contributed by atoms with Gasteiger partial charge in [-0.05, 0) is 38.6 Å². The van der Waals surface area contributed by atoms with Crippen molar-refractivity contribution >= 4 is 11.9 Å². The normalized spacial score (nSPS) is 21.9. The standard InChI is InChI=1S/C14H26N2O3/c1-3-4-7-15-14(19)11(2)16-8-5-6-12(10-16)9-13(17)18/h11-12H,3-10H2,1-2H3,(H,15,19)(H,17,18). The number of carbonyl (C=O) groups is 2. The Morgan fingerprint density at radius 1 is 1.47 bits per heavy atom. The number of amides is 1. The van der Waals surface area contributed by atoms with Gasteiger partial charge in [0.15, 0.2) is 0 Å². The van der Waals surface area contributed by atoms with Gasteiger partial charge < -0.3 is 10.4 Å². The number of piperidine rings is 1. The van der Waals surface area contributed by atoms with Crippen LogP contribution in [0.15, 0.2) is 0 Å². The van der Waals surface area contributed by atoms with Crippen molar-refractivity contribution in [2.75, 3.05) is 19.6 Å². The quantitative estimate of drug-likeness (QED) is 0.687. The van der Waals surface area contributed by atoms with Gasteiger partial charge in [-0.25, -0.2) is 0 Å². The third-order valence-corrected chi connectivity index (χ3v) is 3.77. The van der Waals surface area contributed by atoms with Crippen molar-refractivity contribution in [2.45, 2.75) is 52.0 Å². The summed E-state index contributed by atoms with van der Waals surface area (Å²) in [5.74, 6) is -0.506. The SMILES string of the molecule is CCCCNC(=O)C(C)N1CCCC(CC(=O)O)C1. The molecule has 0 radical (unpaired) electrons. The smallest absolute Gasteiger partial charge is 0.303 e. The highest BCUT2D eigenvalue weighted by molar-refractivity contribution is 5.81. The van der Waals surface area contributed by atoms with Crippen LogP contribution in [0.1, 0.15) is 46.0 Å². The van der Waals surface area contributed by atoms with Crippen molar-refractivity contribution in [3.63, 3.8) is 0 Å². The third kappa shape index (κ3) is 5.59. The molecule has 0 saturated carbocycles. The number of unbranched alkanes of at least 4 members (excludes halogenated alkanes) is 1. The van der Waals surface area contributed by atoms with Crippen molar-refractivity contribution in [3.05, 3.63) is 0 Å². The fourth-order valence-corrected chi connectivity index (χ4v) is 2.56. The highest BCUT2D eigenvalue weighted by Gasteiger charge is 2.28. The summed E-state index contributed by atoms with van der Waals surface area (Å²) in [6.45, 7) is 6.33. The summed E-state index contributed by atoms with van der Waals surface area (Å²) in [6.07, 6.45) is 4.21. The minimum Gasteiger partial charge on any atom is -0.481 e. The molecule has 1 heterocycles. The topological polar surface area (TPSA) is 69.6 Å². The summed E-state index contributed by atoms with van der Waals surface area (Å²) in [5, 5.41) is 11.8. The molecule has 19 heavy (non-hydrogen) atoms. The zero-order valence-corrected chi connectivity index (χ0v) is 12.0. The molecule has 0 bridgehead atoms. The summed E-state index contributed by atoms with van der Waals surface area (Å²) in [5.41, 5.74) is 0. The molecule has 5 heteroatoms. The fraction of sp³-hybridized carbons (Fsp3) is 0.857. The molecule has 1 aliphatic rings. The molecular weight excluding hydrogens is 244 g/mol. The molecule has 0 aliphatic carbocycles. The zero-order chi connectivity index (χ0) is 14.3. The molecule has 1 aliphatic heterocycles. The Hall–Kier alpha value is -1.10. The number of rotatable bonds is 7. The Kier molecular flexibility index (Phi) is 6.84. The molecule has 5 nitrogen and oxygen atoms in total. The van der Waals surface area contributed by atoms with E-state index in [-0.39, 0.29) is 24.3 Å². The summed E-state index contributed by atoms with van der Waals surface area (Å²) in [6, 6.07) is -0.159. The number of nitrogens with zero attached hydrogens (tertiary/aromatic N) is 1. The zero-order valence-electron chi connectivity index (χ0n) is 12.0. The minimum atomic E-state index is -0.744. The van der Waals surface area contributed by atoms with Crippen LogP contribution >= 0.6 is 0 Å². The average Bonchev–Trinajstić information content (AvgIpc) is 2.37. The second-order valence-corrected chi connectivity index (χ2v) is 5.42. The molecule has 0 aromatic heterocycles. The number of nitrogens with one attached hydrogen (secondary N) is 1. The van der Waals surface area contributed by atoms with Gasteiger partial charge in [-0.15, -0.1) is 0 Å². The molecule has 2 atom stereocenters. The number of hydrogen-bond acceptors (Lipinski definition) is 3. The van der Waals surface area contributed by atoms with Crippen LogP contribution in [0.2, 0.25) is 0 Å². The number of hydrogen-bond donors (Lipinski definition) is 2. The molecule has 0 spiro atoms. The maximum atomic E-state index is 12.0. The van der Waals surface area contributed by atoms with E-state index in [1.165, 1.54) is 0 Å². The summed E-state index contributed by atoms with van der Waals surface area (Å²) < 4.78 is 0.